The van der Waals surface area contributed by atoms with Gasteiger partial charge in [-0.05, 0) is 24.3 Å². The van der Waals surface area contributed by atoms with Crippen LogP contribution in [0, 0.1) is 16.7 Å². The number of nitriles is 1. The fourth-order valence-electron chi connectivity index (χ4n) is 3.20. The van der Waals surface area contributed by atoms with E-state index in [4.69, 9.17) is 10.4 Å². The van der Waals surface area contributed by atoms with Crippen molar-refractivity contribution in [3.05, 3.63) is 30.0 Å². The number of aryl methyl sites for hydroxylation is 1. The maximum absolute atomic E-state index is 13.1. The van der Waals surface area contributed by atoms with E-state index in [1.165, 1.54) is 0 Å². The van der Waals surface area contributed by atoms with Gasteiger partial charge in [0.15, 0.2) is 5.69 Å². The summed E-state index contributed by atoms with van der Waals surface area (Å²) in [5, 5.41) is 28.0. The molecule has 2 rings (SSSR count). The van der Waals surface area contributed by atoms with Gasteiger partial charge in [-0.15, -0.1) is 0 Å². The molecule has 0 aliphatic carbocycles. The molecule has 0 fully saturated rings. The Morgan fingerprint density at radius 2 is 1.94 bits per heavy atom. The lowest BCUT2D eigenvalue weighted by atomic mass is 9.86. The van der Waals surface area contributed by atoms with Gasteiger partial charge in [-0.1, -0.05) is 39.0 Å². The fourth-order valence-corrected chi connectivity index (χ4v) is 3.20. The number of benzene rings is 1. The minimum absolute atomic E-state index is 0.0170. The number of aliphatic carboxylic acids is 1. The lowest BCUT2D eigenvalue weighted by molar-refractivity contribution is -0.137. The first-order valence-corrected chi connectivity index (χ1v) is 10.3. The van der Waals surface area contributed by atoms with Crippen molar-refractivity contribution in [3.63, 3.8) is 0 Å². The van der Waals surface area contributed by atoms with Gasteiger partial charge in [0, 0.05) is 24.9 Å². The number of para-hydroxylation sites is 1. The van der Waals surface area contributed by atoms with Gasteiger partial charge in [0.2, 0.25) is 5.91 Å². The van der Waals surface area contributed by atoms with Crippen LogP contribution in [0.3, 0.4) is 0 Å². The van der Waals surface area contributed by atoms with Crippen molar-refractivity contribution in [2.45, 2.75) is 59.0 Å². The molecule has 1 aromatic heterocycles. The number of carbonyl (C=O) groups is 3. The summed E-state index contributed by atoms with van der Waals surface area (Å²) in [7, 11) is 0. The van der Waals surface area contributed by atoms with Gasteiger partial charge in [0.25, 0.3) is 5.91 Å². The van der Waals surface area contributed by atoms with E-state index in [1.807, 2.05) is 45.0 Å². The summed E-state index contributed by atoms with van der Waals surface area (Å²) >= 11 is 0. The Morgan fingerprint density at radius 3 is 2.58 bits per heavy atom. The number of nitrogens with zero attached hydrogens (tertiary/aromatic N) is 3. The minimum atomic E-state index is -1.01. The van der Waals surface area contributed by atoms with Crippen LogP contribution in [0.5, 0.6) is 0 Å². The van der Waals surface area contributed by atoms with E-state index in [1.54, 1.807) is 4.68 Å². The number of fused-ring (bicyclic) bond motifs is 1. The Labute approximate surface area is 181 Å². The predicted molar refractivity (Wildman–Crippen MR) is 115 cm³/mol. The number of aromatic nitrogens is 2. The first-order chi connectivity index (χ1) is 14.6. The Hall–Kier alpha value is -3.41. The summed E-state index contributed by atoms with van der Waals surface area (Å²) in [4.78, 5) is 36.4. The van der Waals surface area contributed by atoms with Gasteiger partial charge in [-0.2, -0.15) is 10.4 Å². The lowest BCUT2D eigenvalue weighted by Crippen LogP contribution is -2.53. The SMILES string of the molecule is CC(C)(C)C(NC(=O)c1nn(CCCCC#N)c2ccccc12)C(=O)NCCC(=O)O. The number of hydrogen-bond donors (Lipinski definition) is 3. The van der Waals surface area contributed by atoms with Crippen molar-refractivity contribution in [3.8, 4) is 6.07 Å². The highest BCUT2D eigenvalue weighted by Gasteiger charge is 2.34. The van der Waals surface area contributed by atoms with Crippen LogP contribution in [0.4, 0.5) is 0 Å². The maximum Gasteiger partial charge on any atom is 0.305 e. The molecule has 9 nitrogen and oxygen atoms in total. The second kappa shape index (κ2) is 10.6. The van der Waals surface area contributed by atoms with Crippen LogP contribution in [0.2, 0.25) is 0 Å². The Bertz CT molecular complexity index is 984. The second-order valence-corrected chi connectivity index (χ2v) is 8.41. The van der Waals surface area contributed by atoms with Crippen molar-refractivity contribution in [1.82, 2.24) is 20.4 Å². The normalized spacial score (nSPS) is 12.2. The quantitative estimate of drug-likeness (QED) is 0.498. The number of carboxylic acid groups (broad SMARTS) is 1. The van der Waals surface area contributed by atoms with Crippen LogP contribution in [-0.4, -0.2) is 45.3 Å². The summed E-state index contributed by atoms with van der Waals surface area (Å²) in [6.45, 7) is 6.02. The Kier molecular flexibility index (Phi) is 8.14. The van der Waals surface area contributed by atoms with Gasteiger partial charge in [-0.3, -0.25) is 19.1 Å². The van der Waals surface area contributed by atoms with Gasteiger partial charge < -0.3 is 15.7 Å². The largest absolute Gasteiger partial charge is 0.481 e. The molecular formula is C22H29N5O4. The Morgan fingerprint density at radius 1 is 1.23 bits per heavy atom. The minimum Gasteiger partial charge on any atom is -0.481 e. The van der Waals surface area contributed by atoms with E-state index in [-0.39, 0.29) is 18.7 Å². The lowest BCUT2D eigenvalue weighted by Gasteiger charge is -2.30. The van der Waals surface area contributed by atoms with Crippen molar-refractivity contribution >= 4 is 28.7 Å². The molecule has 2 amide bonds. The molecule has 166 valence electrons. The fraction of sp³-hybridized carbons (Fsp3) is 0.500. The zero-order valence-electron chi connectivity index (χ0n) is 18.1. The third kappa shape index (κ3) is 6.54. The average Bonchev–Trinajstić information content (AvgIpc) is 3.07. The monoisotopic (exact) mass is 427 g/mol. The molecule has 1 unspecified atom stereocenters. The average molecular weight is 428 g/mol. The van der Waals surface area contributed by atoms with E-state index in [0.29, 0.717) is 18.4 Å². The zero-order chi connectivity index (χ0) is 23.0. The summed E-state index contributed by atoms with van der Waals surface area (Å²) in [6, 6.07) is 8.62. The van der Waals surface area contributed by atoms with Crippen molar-refractivity contribution in [2.75, 3.05) is 6.54 Å². The summed E-state index contributed by atoms with van der Waals surface area (Å²) in [5.74, 6) is -1.92. The molecule has 0 spiro atoms. The highest BCUT2D eigenvalue weighted by Crippen LogP contribution is 2.23. The number of hydrogen-bond acceptors (Lipinski definition) is 5. The zero-order valence-corrected chi connectivity index (χ0v) is 18.1. The number of carbonyl (C=O) groups excluding carboxylic acids is 2. The highest BCUT2D eigenvalue weighted by atomic mass is 16.4. The highest BCUT2D eigenvalue weighted by molar-refractivity contribution is 6.06. The third-order valence-electron chi connectivity index (χ3n) is 4.82. The van der Waals surface area contributed by atoms with Crippen LogP contribution in [-0.2, 0) is 16.1 Å². The summed E-state index contributed by atoms with van der Waals surface area (Å²) in [6.07, 6.45) is 1.78. The molecule has 1 atom stereocenters. The van der Waals surface area contributed by atoms with Crippen molar-refractivity contribution in [2.24, 2.45) is 5.41 Å². The standard InChI is InChI=1S/C22H29N5O4/c1-22(2,3)19(21(31)24-13-11-17(28)29)25-20(30)18-15-9-5-6-10-16(15)27(26-18)14-8-4-7-12-23/h5-6,9-10,19H,4,7-8,11,13-14H2,1-3H3,(H,24,31)(H,25,30)(H,28,29). The molecule has 9 heteroatoms. The first-order valence-electron chi connectivity index (χ1n) is 10.3. The summed E-state index contributed by atoms with van der Waals surface area (Å²) in [5.41, 5.74) is 0.435. The molecule has 0 aliphatic rings. The predicted octanol–water partition coefficient (Wildman–Crippen LogP) is 2.47. The molecule has 0 aliphatic heterocycles. The van der Waals surface area contributed by atoms with E-state index >= 15 is 0 Å². The molecule has 31 heavy (non-hydrogen) atoms. The maximum atomic E-state index is 13.1. The van der Waals surface area contributed by atoms with Crippen LogP contribution < -0.4 is 10.6 Å². The number of nitrogens with one attached hydrogen (secondary N) is 2. The smallest absolute Gasteiger partial charge is 0.305 e. The molecular weight excluding hydrogens is 398 g/mol. The summed E-state index contributed by atoms with van der Waals surface area (Å²) < 4.78 is 1.75. The Balaban J connectivity index is 2.22. The van der Waals surface area contributed by atoms with E-state index in [9.17, 15) is 14.4 Å². The first kappa shape index (κ1) is 23.9. The molecule has 3 N–H and O–H groups in total. The molecule has 0 saturated carbocycles. The van der Waals surface area contributed by atoms with Crippen LogP contribution in [0.25, 0.3) is 10.9 Å². The molecule has 0 saturated heterocycles. The molecule has 0 radical (unpaired) electrons. The van der Waals surface area contributed by atoms with E-state index in [2.05, 4.69) is 21.8 Å². The van der Waals surface area contributed by atoms with Crippen LogP contribution in [0.15, 0.2) is 24.3 Å². The van der Waals surface area contributed by atoms with E-state index in [0.717, 1.165) is 18.4 Å². The third-order valence-corrected chi connectivity index (χ3v) is 4.82. The van der Waals surface area contributed by atoms with Gasteiger partial charge in [0.05, 0.1) is 18.0 Å². The number of amides is 2. The van der Waals surface area contributed by atoms with Gasteiger partial charge in [-0.25, -0.2) is 0 Å². The van der Waals surface area contributed by atoms with Crippen LogP contribution in [0.1, 0.15) is 56.9 Å². The number of unbranched alkanes of at least 4 members (excludes halogenated alkanes) is 2. The van der Waals surface area contributed by atoms with Crippen LogP contribution >= 0.6 is 0 Å². The topological polar surface area (TPSA) is 137 Å². The van der Waals surface area contributed by atoms with Crippen molar-refractivity contribution in [1.29, 1.82) is 5.26 Å². The van der Waals surface area contributed by atoms with Gasteiger partial charge in [0.1, 0.15) is 6.04 Å². The molecule has 2 aromatic rings. The molecule has 0 bridgehead atoms. The number of carboxylic acids is 1. The second-order valence-electron chi connectivity index (χ2n) is 8.41. The van der Waals surface area contributed by atoms with Crippen molar-refractivity contribution < 1.29 is 19.5 Å². The number of rotatable bonds is 10. The van der Waals surface area contributed by atoms with E-state index < -0.39 is 29.2 Å². The molecule has 1 aromatic carbocycles. The molecule has 1 heterocycles. The van der Waals surface area contributed by atoms with Gasteiger partial charge >= 0.3 is 5.97 Å².